The van der Waals surface area contributed by atoms with E-state index in [9.17, 15) is 16.8 Å². The van der Waals surface area contributed by atoms with Gasteiger partial charge in [-0.3, -0.25) is 8.74 Å². The lowest BCUT2D eigenvalue weighted by atomic mass is 10.1. The summed E-state index contributed by atoms with van der Waals surface area (Å²) in [5, 5.41) is 0.280. The zero-order chi connectivity index (χ0) is 14.3. The standard InChI is InChI=1S/C11H10O6S2/c1-17-19(15,16)11-7-3-4-8-9(11)5-2-6-10(8)18(12,13)14/h2-7H,1H3,(H,12,13,14). The lowest BCUT2D eigenvalue weighted by Crippen LogP contribution is -2.05. The Morgan fingerprint density at radius 2 is 1.37 bits per heavy atom. The molecule has 8 heteroatoms. The molecule has 2 aromatic rings. The van der Waals surface area contributed by atoms with Gasteiger partial charge in [-0.05, 0) is 12.1 Å². The van der Waals surface area contributed by atoms with Crippen molar-refractivity contribution < 1.29 is 25.6 Å². The minimum Gasteiger partial charge on any atom is -0.282 e. The molecule has 0 spiro atoms. The normalized spacial score (nSPS) is 12.7. The molecule has 102 valence electrons. The molecular weight excluding hydrogens is 292 g/mol. The summed E-state index contributed by atoms with van der Waals surface area (Å²) in [4.78, 5) is -0.504. The Hall–Kier alpha value is -1.48. The molecule has 0 fully saturated rings. The van der Waals surface area contributed by atoms with Crippen molar-refractivity contribution >= 4 is 31.0 Å². The Morgan fingerprint density at radius 3 is 1.84 bits per heavy atom. The van der Waals surface area contributed by atoms with Gasteiger partial charge in [0.1, 0.15) is 9.79 Å². The molecule has 0 aliphatic carbocycles. The molecule has 0 atom stereocenters. The van der Waals surface area contributed by atoms with E-state index in [4.69, 9.17) is 4.55 Å². The van der Waals surface area contributed by atoms with Crippen LogP contribution in [-0.2, 0) is 24.4 Å². The summed E-state index contributed by atoms with van der Waals surface area (Å²) >= 11 is 0. The maximum atomic E-state index is 11.7. The first-order valence-electron chi connectivity index (χ1n) is 5.07. The third kappa shape index (κ3) is 2.47. The Balaban J connectivity index is 2.95. The van der Waals surface area contributed by atoms with E-state index in [1.54, 1.807) is 0 Å². The van der Waals surface area contributed by atoms with Crippen molar-refractivity contribution in [2.75, 3.05) is 7.11 Å². The molecule has 0 unspecified atom stereocenters. The van der Waals surface area contributed by atoms with Crippen LogP contribution in [0, 0.1) is 0 Å². The lowest BCUT2D eigenvalue weighted by molar-refractivity contribution is 0.398. The Morgan fingerprint density at radius 1 is 0.895 bits per heavy atom. The summed E-state index contributed by atoms with van der Waals surface area (Å²) in [6.45, 7) is 0. The van der Waals surface area contributed by atoms with Crippen LogP contribution in [-0.4, -0.2) is 28.5 Å². The summed E-state index contributed by atoms with van der Waals surface area (Å²) in [7, 11) is -7.38. The lowest BCUT2D eigenvalue weighted by Gasteiger charge is -2.08. The monoisotopic (exact) mass is 302 g/mol. The van der Waals surface area contributed by atoms with Crippen molar-refractivity contribution in [2.24, 2.45) is 0 Å². The van der Waals surface area contributed by atoms with Crippen molar-refractivity contribution in [1.29, 1.82) is 0 Å². The van der Waals surface area contributed by atoms with Crippen molar-refractivity contribution in [3.63, 3.8) is 0 Å². The van der Waals surface area contributed by atoms with Gasteiger partial charge in [0.05, 0.1) is 7.11 Å². The predicted octanol–water partition coefficient (Wildman–Crippen LogP) is 1.42. The van der Waals surface area contributed by atoms with Crippen molar-refractivity contribution in [3.8, 4) is 0 Å². The average molecular weight is 302 g/mol. The maximum Gasteiger partial charge on any atom is 0.297 e. The first kappa shape index (κ1) is 13.9. The van der Waals surface area contributed by atoms with E-state index in [2.05, 4.69) is 4.18 Å². The number of fused-ring (bicyclic) bond motifs is 1. The Labute approximate surface area is 110 Å². The third-order valence-electron chi connectivity index (χ3n) is 2.61. The molecular formula is C11H10O6S2. The minimum atomic E-state index is -4.43. The smallest absolute Gasteiger partial charge is 0.282 e. The zero-order valence-corrected chi connectivity index (χ0v) is 11.4. The summed E-state index contributed by atoms with van der Waals surface area (Å²) < 4.78 is 59.5. The molecule has 0 saturated heterocycles. The highest BCUT2D eigenvalue weighted by Gasteiger charge is 2.20. The van der Waals surface area contributed by atoms with E-state index in [-0.39, 0.29) is 20.6 Å². The van der Waals surface area contributed by atoms with Crippen molar-refractivity contribution in [3.05, 3.63) is 36.4 Å². The zero-order valence-electron chi connectivity index (χ0n) is 9.77. The van der Waals surface area contributed by atoms with Crippen LogP contribution in [0.1, 0.15) is 0 Å². The van der Waals surface area contributed by atoms with E-state index in [1.165, 1.54) is 36.4 Å². The van der Waals surface area contributed by atoms with Crippen LogP contribution >= 0.6 is 0 Å². The summed E-state index contributed by atoms with van der Waals surface area (Å²) in [5.41, 5.74) is 0. The number of benzene rings is 2. The fourth-order valence-corrected chi connectivity index (χ4v) is 3.36. The fourth-order valence-electron chi connectivity index (χ4n) is 1.79. The molecule has 0 aliphatic rings. The molecule has 6 nitrogen and oxygen atoms in total. The Kier molecular flexibility index (Phi) is 3.35. The van der Waals surface area contributed by atoms with Gasteiger partial charge in [0.2, 0.25) is 0 Å². The van der Waals surface area contributed by atoms with Crippen LogP contribution in [0.3, 0.4) is 0 Å². The number of hydrogen-bond donors (Lipinski definition) is 1. The molecule has 0 bridgehead atoms. The van der Waals surface area contributed by atoms with Gasteiger partial charge in [0.25, 0.3) is 20.2 Å². The van der Waals surface area contributed by atoms with Gasteiger partial charge in [0, 0.05) is 10.8 Å². The van der Waals surface area contributed by atoms with Gasteiger partial charge < -0.3 is 0 Å². The van der Waals surface area contributed by atoms with Gasteiger partial charge in [-0.1, -0.05) is 24.3 Å². The molecule has 0 heterocycles. The number of hydrogen-bond acceptors (Lipinski definition) is 5. The van der Waals surface area contributed by atoms with Gasteiger partial charge >= 0.3 is 0 Å². The SMILES string of the molecule is COS(=O)(=O)c1cccc2c(S(=O)(=O)O)cccc12. The van der Waals surface area contributed by atoms with Crippen LogP contribution in [0.2, 0.25) is 0 Å². The second kappa shape index (κ2) is 4.57. The molecule has 0 saturated carbocycles. The van der Waals surface area contributed by atoms with Crippen LogP contribution in [0.5, 0.6) is 0 Å². The van der Waals surface area contributed by atoms with Gasteiger partial charge in [-0.15, -0.1) is 0 Å². The summed E-state index contributed by atoms with van der Waals surface area (Å²) in [5.74, 6) is 0. The van der Waals surface area contributed by atoms with E-state index >= 15 is 0 Å². The average Bonchev–Trinajstić information content (AvgIpc) is 2.36. The van der Waals surface area contributed by atoms with Crippen LogP contribution < -0.4 is 0 Å². The van der Waals surface area contributed by atoms with Crippen molar-refractivity contribution in [2.45, 2.75) is 9.79 Å². The molecule has 0 aromatic heterocycles. The second-order valence-corrected chi connectivity index (χ2v) is 6.77. The fraction of sp³-hybridized carbons (Fsp3) is 0.0909. The molecule has 0 amide bonds. The van der Waals surface area contributed by atoms with Gasteiger partial charge in [-0.2, -0.15) is 16.8 Å². The quantitative estimate of drug-likeness (QED) is 0.680. The van der Waals surface area contributed by atoms with Crippen LogP contribution in [0.4, 0.5) is 0 Å². The summed E-state index contributed by atoms with van der Waals surface area (Å²) in [6.07, 6.45) is 0. The van der Waals surface area contributed by atoms with Gasteiger partial charge in [0.15, 0.2) is 0 Å². The minimum absolute atomic E-state index is 0.114. The van der Waals surface area contributed by atoms with Crippen LogP contribution in [0.15, 0.2) is 46.2 Å². The van der Waals surface area contributed by atoms with E-state index in [0.29, 0.717) is 0 Å². The molecule has 0 radical (unpaired) electrons. The largest absolute Gasteiger partial charge is 0.297 e. The highest BCUT2D eigenvalue weighted by atomic mass is 32.2. The predicted molar refractivity (Wildman–Crippen MR) is 68.0 cm³/mol. The second-order valence-electron chi connectivity index (χ2n) is 3.70. The first-order chi connectivity index (χ1) is 8.77. The molecule has 0 aliphatic heterocycles. The molecule has 19 heavy (non-hydrogen) atoms. The molecule has 1 N–H and O–H groups in total. The van der Waals surface area contributed by atoms with Crippen LogP contribution in [0.25, 0.3) is 10.8 Å². The van der Waals surface area contributed by atoms with Crippen molar-refractivity contribution in [1.82, 2.24) is 0 Å². The Bertz CT molecular complexity index is 837. The summed E-state index contributed by atoms with van der Waals surface area (Å²) in [6, 6.07) is 8.07. The van der Waals surface area contributed by atoms with E-state index in [1.807, 2.05) is 0 Å². The topological polar surface area (TPSA) is 97.7 Å². The van der Waals surface area contributed by atoms with E-state index < -0.39 is 20.2 Å². The number of rotatable bonds is 3. The maximum absolute atomic E-state index is 11.7. The molecule has 2 aromatic carbocycles. The first-order valence-corrected chi connectivity index (χ1v) is 7.92. The highest BCUT2D eigenvalue weighted by Crippen LogP contribution is 2.28. The van der Waals surface area contributed by atoms with Gasteiger partial charge in [-0.25, -0.2) is 0 Å². The van der Waals surface area contributed by atoms with E-state index in [0.717, 1.165) is 7.11 Å². The molecule has 2 rings (SSSR count). The highest BCUT2D eigenvalue weighted by molar-refractivity contribution is 7.87. The third-order valence-corrected chi connectivity index (χ3v) is 4.85.